The molecule has 0 radical (unpaired) electrons. The number of rotatable bonds is 3. The Bertz CT molecular complexity index is 1080. The van der Waals surface area contributed by atoms with Gasteiger partial charge < -0.3 is 13.9 Å². The van der Waals surface area contributed by atoms with Crippen molar-refractivity contribution in [1.29, 1.82) is 0 Å². The lowest BCUT2D eigenvalue weighted by molar-refractivity contribution is -0.899. The molecule has 4 aromatic rings. The fraction of sp³-hybridized carbons (Fsp3) is 0.150. The summed E-state index contributed by atoms with van der Waals surface area (Å²) in [6.45, 7) is 1.83. The van der Waals surface area contributed by atoms with Crippen molar-refractivity contribution in [3.8, 4) is 22.8 Å². The van der Waals surface area contributed by atoms with Crippen LogP contribution in [0.1, 0.15) is 5.69 Å². The Morgan fingerprint density at radius 2 is 1.56 bits per heavy atom. The number of aryl methyl sites for hydroxylation is 1. The molecule has 0 aliphatic heterocycles. The van der Waals surface area contributed by atoms with Crippen molar-refractivity contribution in [2.45, 2.75) is 6.92 Å². The summed E-state index contributed by atoms with van der Waals surface area (Å²) in [7, 11) is 3.26. The molecular weight excluding hydrogens is 318 g/mol. The van der Waals surface area contributed by atoms with Gasteiger partial charge in [0.1, 0.15) is 28.1 Å². The Morgan fingerprint density at radius 3 is 2.24 bits per heavy atom. The topological polar surface area (TPSA) is 55.7 Å². The van der Waals surface area contributed by atoms with Crippen molar-refractivity contribution in [3.05, 3.63) is 54.2 Å². The summed E-state index contributed by atoms with van der Waals surface area (Å²) >= 11 is 0. The predicted octanol–water partition coefficient (Wildman–Crippen LogP) is 4.10. The van der Waals surface area contributed by atoms with E-state index in [0.29, 0.717) is 11.4 Å². The molecule has 0 atom stereocenters. The van der Waals surface area contributed by atoms with E-state index in [1.54, 1.807) is 14.2 Å². The number of fused-ring (bicyclic) bond motifs is 3. The zero-order valence-corrected chi connectivity index (χ0v) is 14.2. The molecule has 0 aliphatic rings. The maximum absolute atomic E-state index is 10.7. The first kappa shape index (κ1) is 15.3. The molecule has 0 fully saturated rings. The lowest BCUT2D eigenvalue weighted by Crippen LogP contribution is -2.36. The van der Waals surface area contributed by atoms with Gasteiger partial charge in [0.2, 0.25) is 5.69 Å². The summed E-state index contributed by atoms with van der Waals surface area (Å²) in [6, 6.07) is 15.1. The van der Waals surface area contributed by atoms with Crippen LogP contribution in [0.15, 0.2) is 52.9 Å². The number of pyridine rings is 1. The molecule has 5 heteroatoms. The van der Waals surface area contributed by atoms with Crippen LogP contribution in [0.2, 0.25) is 0 Å². The summed E-state index contributed by atoms with van der Waals surface area (Å²) in [5, 5.41) is 12.4. The number of nitrogens with zero attached hydrogens (tertiary/aromatic N) is 1. The first-order chi connectivity index (χ1) is 12.1. The molecule has 2 heterocycles. The quantitative estimate of drug-likeness (QED) is 0.452. The van der Waals surface area contributed by atoms with Gasteiger partial charge in [0.25, 0.3) is 5.69 Å². The second kappa shape index (κ2) is 5.70. The van der Waals surface area contributed by atoms with Gasteiger partial charge in [-0.1, -0.05) is 0 Å². The highest BCUT2D eigenvalue weighted by Crippen LogP contribution is 2.37. The summed E-state index contributed by atoms with van der Waals surface area (Å²) in [4.78, 5) is 0. The standard InChI is InChI=1S/C20H18NO4/c1-12-10-18-19(16-11-15(24-3)8-9-17(16)25-18)20(21(12)22)13-4-6-14(23-2)7-5-13/h4-11,22H,1-3H3/q+1. The number of hydrogen-bond acceptors (Lipinski definition) is 4. The van der Waals surface area contributed by atoms with Gasteiger partial charge in [-0.15, -0.1) is 0 Å². The average molecular weight is 336 g/mol. The van der Waals surface area contributed by atoms with E-state index in [-0.39, 0.29) is 0 Å². The third-order valence-corrected chi connectivity index (χ3v) is 4.41. The highest BCUT2D eigenvalue weighted by molar-refractivity contribution is 6.10. The van der Waals surface area contributed by atoms with Gasteiger partial charge >= 0.3 is 0 Å². The molecule has 1 N–H and O–H groups in total. The van der Waals surface area contributed by atoms with E-state index in [1.807, 2.05) is 55.5 Å². The Labute approximate surface area is 144 Å². The molecule has 0 bridgehead atoms. The molecule has 0 amide bonds. The highest BCUT2D eigenvalue weighted by atomic mass is 16.5. The number of hydrogen-bond donors (Lipinski definition) is 1. The second-order valence-electron chi connectivity index (χ2n) is 5.88. The molecular formula is C20H18NO4+. The van der Waals surface area contributed by atoms with Crippen molar-refractivity contribution in [1.82, 2.24) is 0 Å². The largest absolute Gasteiger partial charge is 0.497 e. The molecule has 25 heavy (non-hydrogen) atoms. The molecule has 0 saturated heterocycles. The predicted molar refractivity (Wildman–Crippen MR) is 94.4 cm³/mol. The van der Waals surface area contributed by atoms with Crippen LogP contribution in [0.5, 0.6) is 11.5 Å². The Kier molecular flexibility index (Phi) is 3.50. The molecule has 4 rings (SSSR count). The van der Waals surface area contributed by atoms with E-state index in [1.165, 1.54) is 4.73 Å². The number of methoxy groups -OCH3 is 2. The van der Waals surface area contributed by atoms with E-state index in [2.05, 4.69) is 0 Å². The van der Waals surface area contributed by atoms with Crippen LogP contribution in [-0.4, -0.2) is 19.4 Å². The number of ether oxygens (including phenoxy) is 2. The summed E-state index contributed by atoms with van der Waals surface area (Å²) in [5.41, 5.74) is 3.68. The Hall–Kier alpha value is -3.21. The van der Waals surface area contributed by atoms with Crippen molar-refractivity contribution in [2.75, 3.05) is 14.2 Å². The van der Waals surface area contributed by atoms with E-state index in [4.69, 9.17) is 13.9 Å². The third kappa shape index (κ3) is 2.36. The fourth-order valence-corrected chi connectivity index (χ4v) is 3.12. The molecule has 126 valence electrons. The number of aromatic nitrogens is 1. The van der Waals surface area contributed by atoms with Crippen LogP contribution >= 0.6 is 0 Å². The molecule has 0 saturated carbocycles. The minimum Gasteiger partial charge on any atom is -0.497 e. The minimum atomic E-state index is 0.671. The molecule has 0 unspecified atom stereocenters. The van der Waals surface area contributed by atoms with Gasteiger partial charge in [-0.2, -0.15) is 0 Å². The smallest absolute Gasteiger partial charge is 0.276 e. The SMILES string of the molecule is COc1ccc(-c2c3c(cc(C)[n+]2O)oc2ccc(OC)cc23)cc1. The van der Waals surface area contributed by atoms with Crippen molar-refractivity contribution in [3.63, 3.8) is 0 Å². The lowest BCUT2D eigenvalue weighted by atomic mass is 10.0. The monoisotopic (exact) mass is 336 g/mol. The number of benzene rings is 2. The average Bonchev–Trinajstić information content (AvgIpc) is 2.99. The summed E-state index contributed by atoms with van der Waals surface area (Å²) < 4.78 is 17.8. The summed E-state index contributed by atoms with van der Waals surface area (Å²) in [5.74, 6) is 1.50. The minimum absolute atomic E-state index is 0.671. The third-order valence-electron chi connectivity index (χ3n) is 4.41. The van der Waals surface area contributed by atoms with Crippen LogP contribution in [-0.2, 0) is 0 Å². The highest BCUT2D eigenvalue weighted by Gasteiger charge is 2.26. The van der Waals surface area contributed by atoms with E-state index < -0.39 is 0 Å². The Balaban J connectivity index is 2.10. The summed E-state index contributed by atoms with van der Waals surface area (Å²) in [6.07, 6.45) is 0. The van der Waals surface area contributed by atoms with Gasteiger partial charge in [-0.3, -0.25) is 5.21 Å². The van der Waals surface area contributed by atoms with Crippen LogP contribution in [0.4, 0.5) is 0 Å². The lowest BCUT2D eigenvalue weighted by Gasteiger charge is -2.04. The normalized spacial score (nSPS) is 11.2. The van der Waals surface area contributed by atoms with E-state index in [0.717, 1.165) is 39.0 Å². The molecule has 0 spiro atoms. The van der Waals surface area contributed by atoms with Crippen molar-refractivity contribution < 1.29 is 23.8 Å². The van der Waals surface area contributed by atoms with E-state index in [9.17, 15) is 5.21 Å². The van der Waals surface area contributed by atoms with Gasteiger partial charge in [0.05, 0.1) is 25.8 Å². The maximum Gasteiger partial charge on any atom is 0.276 e. The number of furan rings is 1. The van der Waals surface area contributed by atoms with Gasteiger partial charge in [0, 0.05) is 17.0 Å². The van der Waals surface area contributed by atoms with Gasteiger partial charge in [-0.25, -0.2) is 0 Å². The van der Waals surface area contributed by atoms with Crippen LogP contribution in [0, 0.1) is 6.92 Å². The van der Waals surface area contributed by atoms with Gasteiger partial charge in [-0.05, 0) is 42.5 Å². The van der Waals surface area contributed by atoms with Crippen molar-refractivity contribution in [2.24, 2.45) is 0 Å². The maximum atomic E-state index is 10.7. The molecule has 2 aromatic heterocycles. The van der Waals surface area contributed by atoms with Crippen molar-refractivity contribution >= 4 is 21.9 Å². The first-order valence-electron chi connectivity index (χ1n) is 7.92. The molecule has 0 aliphatic carbocycles. The molecule has 5 nitrogen and oxygen atoms in total. The molecule has 2 aromatic carbocycles. The Morgan fingerprint density at radius 1 is 0.880 bits per heavy atom. The zero-order valence-electron chi connectivity index (χ0n) is 14.2. The zero-order chi connectivity index (χ0) is 17.6. The fourth-order valence-electron chi connectivity index (χ4n) is 3.12. The van der Waals surface area contributed by atoms with Crippen LogP contribution in [0.25, 0.3) is 33.2 Å². The van der Waals surface area contributed by atoms with Gasteiger partial charge in [0.15, 0.2) is 0 Å². The first-order valence-corrected chi connectivity index (χ1v) is 7.92. The van der Waals surface area contributed by atoms with Crippen LogP contribution in [0.3, 0.4) is 0 Å². The second-order valence-corrected chi connectivity index (χ2v) is 5.88. The van der Waals surface area contributed by atoms with E-state index >= 15 is 0 Å². The van der Waals surface area contributed by atoms with Crippen LogP contribution < -0.4 is 14.2 Å².